The summed E-state index contributed by atoms with van der Waals surface area (Å²) in [6.07, 6.45) is 2.67. The van der Waals surface area contributed by atoms with E-state index in [9.17, 15) is 20.4 Å². The van der Waals surface area contributed by atoms with Crippen molar-refractivity contribution < 1.29 is 39.0 Å². The van der Waals surface area contributed by atoms with E-state index in [1.807, 2.05) is 12.1 Å². The van der Waals surface area contributed by atoms with Crippen LogP contribution < -0.4 is 31.9 Å². The van der Waals surface area contributed by atoms with Crippen LogP contribution in [0.4, 0.5) is 11.4 Å². The Morgan fingerprint density at radius 3 is 1.13 bits per heavy atom. The van der Waals surface area contributed by atoms with Crippen LogP contribution in [-0.4, -0.2) is 23.2 Å². The number of anilines is 2. The van der Waals surface area contributed by atoms with Gasteiger partial charge in [0.05, 0.1) is 11.4 Å². The summed E-state index contributed by atoms with van der Waals surface area (Å²) in [6.45, 7) is 3.21. The molecule has 0 bridgehead atoms. The van der Waals surface area contributed by atoms with E-state index in [0.717, 1.165) is 0 Å². The summed E-state index contributed by atoms with van der Waals surface area (Å²) in [5, 5.41) is 62.3. The molecular weight excluding hydrogens is 607 g/mol. The predicted octanol–water partition coefficient (Wildman–Crippen LogP) is 2.30. The number of nitrogens with two attached hydrogens (primary N) is 2. The third-order valence-electron chi connectivity index (χ3n) is 5.78. The van der Waals surface area contributed by atoms with Crippen LogP contribution in [0.15, 0.2) is 142 Å². The molecule has 0 amide bonds. The molecule has 4 aromatic rings. The van der Waals surface area contributed by atoms with Gasteiger partial charge in [-0.1, -0.05) is 109 Å². The van der Waals surface area contributed by atoms with E-state index in [0.29, 0.717) is 33.9 Å². The number of hydrogen-bond donors (Lipinski definition) is 2. The Hall–Kier alpha value is -5.58. The van der Waals surface area contributed by atoms with Crippen LogP contribution in [0.5, 0.6) is 0 Å². The molecule has 0 aliphatic rings. The molecule has 10 nitrogen and oxygen atoms in total. The van der Waals surface area contributed by atoms with Crippen molar-refractivity contribution in [3.63, 3.8) is 0 Å². The zero-order chi connectivity index (χ0) is 31.9. The van der Waals surface area contributed by atoms with Crippen LogP contribution in [0, 0.1) is 0 Å². The molecule has 0 saturated heterocycles. The predicted molar refractivity (Wildman–Crippen MR) is 170 cm³/mol. The van der Waals surface area contributed by atoms with Crippen LogP contribution in [0.3, 0.4) is 0 Å². The molecule has 11 heteroatoms. The Bertz CT molecular complexity index is 1610. The van der Waals surface area contributed by atoms with Gasteiger partial charge in [0.15, 0.2) is 0 Å². The SMILES string of the molecule is CC(/C=C(\[O-])c1ccccc1)=N\N=C(/[O-])c1ccccc1N.CC(/C=C(\[O-])c1ccccc1)=N\N=C(/[O-])c1ccccc1N.[V+4]. The topological polar surface area (TPSA) is 194 Å². The first-order valence-electron chi connectivity index (χ1n) is 13.3. The normalized spacial score (nSPS) is 12.9. The van der Waals surface area contributed by atoms with E-state index < -0.39 is 11.8 Å². The fraction of sp³-hybridized carbons (Fsp3) is 0.0588. The first-order chi connectivity index (χ1) is 21.2. The Kier molecular flexibility index (Phi) is 14.4. The molecule has 0 unspecified atom stereocenters. The monoisotopic (exact) mass is 637 g/mol. The van der Waals surface area contributed by atoms with Gasteiger partial charge in [-0.3, -0.25) is 0 Å². The fourth-order valence-electron chi connectivity index (χ4n) is 3.55. The van der Waals surface area contributed by atoms with Gasteiger partial charge in [0.1, 0.15) is 0 Å². The summed E-state index contributed by atoms with van der Waals surface area (Å²) in [4.78, 5) is 0. The molecule has 0 atom stereocenters. The molecule has 0 fully saturated rings. The van der Waals surface area contributed by atoms with Gasteiger partial charge >= 0.3 is 18.6 Å². The van der Waals surface area contributed by atoms with Crippen LogP contribution in [0.2, 0.25) is 0 Å². The first-order valence-corrected chi connectivity index (χ1v) is 13.3. The number of rotatable bonds is 8. The second kappa shape index (κ2) is 18.2. The zero-order valence-corrected chi connectivity index (χ0v) is 26.0. The van der Waals surface area contributed by atoms with Gasteiger partial charge in [0, 0.05) is 34.3 Å². The number of hydrogen-bond acceptors (Lipinski definition) is 10. The summed E-state index contributed by atoms with van der Waals surface area (Å²) in [7, 11) is 0. The van der Waals surface area contributed by atoms with Gasteiger partial charge in [-0.25, -0.2) is 0 Å². The molecule has 4 N–H and O–H groups in total. The van der Waals surface area contributed by atoms with E-state index in [2.05, 4.69) is 20.4 Å². The molecule has 45 heavy (non-hydrogen) atoms. The van der Waals surface area contributed by atoms with E-state index in [1.54, 1.807) is 111 Å². The molecule has 225 valence electrons. The zero-order valence-electron chi connectivity index (χ0n) is 24.6. The van der Waals surface area contributed by atoms with Gasteiger partial charge in [-0.05, 0) is 49.3 Å². The number of para-hydroxylation sites is 2. The smallest absolute Gasteiger partial charge is 0.872 e. The number of nitrogens with zero attached hydrogens (tertiary/aromatic N) is 4. The fourth-order valence-corrected chi connectivity index (χ4v) is 3.55. The van der Waals surface area contributed by atoms with Crippen LogP contribution >= 0.6 is 0 Å². The molecule has 0 saturated carbocycles. The Balaban J connectivity index is 0.000000307. The minimum absolute atomic E-state index is 0. The van der Waals surface area contributed by atoms with Crippen molar-refractivity contribution in [1.29, 1.82) is 0 Å². The van der Waals surface area contributed by atoms with Crippen molar-refractivity contribution in [3.05, 3.63) is 144 Å². The van der Waals surface area contributed by atoms with Gasteiger partial charge in [-0.2, -0.15) is 20.4 Å². The van der Waals surface area contributed by atoms with Crippen molar-refractivity contribution in [2.24, 2.45) is 20.4 Å². The molecule has 0 aromatic heterocycles. The van der Waals surface area contributed by atoms with E-state index in [1.165, 1.54) is 12.2 Å². The molecule has 0 heterocycles. The quantitative estimate of drug-likeness (QED) is 0.0978. The van der Waals surface area contributed by atoms with E-state index in [-0.39, 0.29) is 41.2 Å². The maximum absolute atomic E-state index is 11.9. The van der Waals surface area contributed by atoms with Crippen molar-refractivity contribution in [1.82, 2.24) is 0 Å². The van der Waals surface area contributed by atoms with Gasteiger partial charge in [0.2, 0.25) is 0 Å². The van der Waals surface area contributed by atoms with Gasteiger partial charge in [-0.15, -0.1) is 0 Å². The maximum Gasteiger partial charge on any atom is 4.00 e. The second-order valence-corrected chi connectivity index (χ2v) is 9.22. The van der Waals surface area contributed by atoms with Crippen molar-refractivity contribution in [2.75, 3.05) is 11.5 Å². The number of benzene rings is 4. The van der Waals surface area contributed by atoms with Crippen molar-refractivity contribution in [2.45, 2.75) is 13.8 Å². The molecule has 0 aliphatic carbocycles. The van der Waals surface area contributed by atoms with Crippen LogP contribution in [0.25, 0.3) is 11.5 Å². The maximum atomic E-state index is 11.9. The first kappa shape index (κ1) is 35.6. The largest absolute Gasteiger partial charge is 4.00 e. The third-order valence-corrected chi connectivity index (χ3v) is 5.78. The van der Waals surface area contributed by atoms with Crippen molar-refractivity contribution >= 4 is 46.1 Å². The van der Waals surface area contributed by atoms with E-state index >= 15 is 0 Å². The molecule has 4 rings (SSSR count). The van der Waals surface area contributed by atoms with Crippen LogP contribution in [-0.2, 0) is 18.6 Å². The number of nitrogen functional groups attached to an aromatic ring is 2. The summed E-state index contributed by atoms with van der Waals surface area (Å²) in [5.41, 5.74) is 14.4. The van der Waals surface area contributed by atoms with Crippen LogP contribution in [0.1, 0.15) is 36.1 Å². The third kappa shape index (κ3) is 11.6. The number of allylic oxidation sites excluding steroid dienone is 2. The molecule has 0 spiro atoms. The van der Waals surface area contributed by atoms with Crippen molar-refractivity contribution in [3.8, 4) is 0 Å². The summed E-state index contributed by atoms with van der Waals surface area (Å²) >= 11 is 0. The summed E-state index contributed by atoms with van der Waals surface area (Å²) in [5.74, 6) is -1.47. The minimum Gasteiger partial charge on any atom is -0.872 e. The molecule has 0 aliphatic heterocycles. The van der Waals surface area contributed by atoms with Gasteiger partial charge < -0.3 is 31.9 Å². The molecular formula is C34H30N6O4V. The summed E-state index contributed by atoms with van der Waals surface area (Å²) < 4.78 is 0. The summed E-state index contributed by atoms with van der Waals surface area (Å²) in [6, 6.07) is 30.8. The van der Waals surface area contributed by atoms with Gasteiger partial charge in [0.25, 0.3) is 0 Å². The molecule has 4 aromatic carbocycles. The Morgan fingerprint density at radius 2 is 0.800 bits per heavy atom. The Labute approximate surface area is 273 Å². The second-order valence-electron chi connectivity index (χ2n) is 9.22. The molecule has 1 radical (unpaired) electrons. The average molecular weight is 638 g/mol. The van der Waals surface area contributed by atoms with E-state index in [4.69, 9.17) is 11.5 Å². The average Bonchev–Trinajstić information content (AvgIpc) is 3.04. The Morgan fingerprint density at radius 1 is 0.489 bits per heavy atom. The minimum atomic E-state index is -0.544. The standard InChI is InChI=1S/2C17H17N3O2.V/c2*1-12(11-16(21)13-7-3-2-4-8-13)19-20-17(22)14-9-5-6-10-15(14)18;/h2*2-11,21H,18H2,1H3,(H,20,22);/q;;+4/p-4/b2*16-11-,19-12+;.